The molecule has 3 heterocycles. The van der Waals surface area contributed by atoms with Crippen LogP contribution in [0.5, 0.6) is 0 Å². The van der Waals surface area contributed by atoms with Gasteiger partial charge in [0.2, 0.25) is 10.8 Å². The molecule has 0 fully saturated rings. The van der Waals surface area contributed by atoms with Crippen molar-refractivity contribution < 1.29 is 0 Å². The summed E-state index contributed by atoms with van der Waals surface area (Å²) in [5.74, 6) is 0.638. The third-order valence-corrected chi connectivity index (χ3v) is 4.27. The molecule has 0 atom stereocenters. The molecule has 1 aromatic carbocycles. The molecule has 0 saturated carbocycles. The van der Waals surface area contributed by atoms with Gasteiger partial charge in [0.15, 0.2) is 0 Å². The number of halogens is 1. The van der Waals surface area contributed by atoms with Crippen molar-refractivity contribution in [1.29, 1.82) is 0 Å². The number of benzene rings is 1. The van der Waals surface area contributed by atoms with Gasteiger partial charge < -0.3 is 0 Å². The van der Waals surface area contributed by atoms with E-state index in [2.05, 4.69) is 20.3 Å². The molecule has 0 bridgehead atoms. The van der Waals surface area contributed by atoms with E-state index < -0.39 is 0 Å². The maximum atomic E-state index is 5.99. The van der Waals surface area contributed by atoms with E-state index in [9.17, 15) is 0 Å². The zero-order chi connectivity index (χ0) is 15.6. The Morgan fingerprint density at radius 1 is 1.04 bits per heavy atom. The van der Waals surface area contributed by atoms with Gasteiger partial charge in [-0.2, -0.15) is 9.61 Å². The Morgan fingerprint density at radius 3 is 2.83 bits per heavy atom. The second-order valence-corrected chi connectivity index (χ2v) is 6.19. The van der Waals surface area contributed by atoms with Crippen LogP contribution < -0.4 is 0 Å². The molecule has 0 saturated heterocycles. The highest BCUT2D eigenvalue weighted by Crippen LogP contribution is 2.21. The molecular formula is C16H10ClN5S. The molecule has 112 valence electrons. The summed E-state index contributed by atoms with van der Waals surface area (Å²) in [5.41, 5.74) is 1.77. The zero-order valence-corrected chi connectivity index (χ0v) is 13.4. The highest BCUT2D eigenvalue weighted by Gasteiger charge is 2.12. The molecule has 0 aliphatic heterocycles. The minimum Gasteiger partial charge on any atom is -0.253 e. The molecule has 0 spiro atoms. The lowest BCUT2D eigenvalue weighted by molar-refractivity contribution is 0.951. The topological polar surface area (TPSA) is 56.0 Å². The van der Waals surface area contributed by atoms with Gasteiger partial charge in [0.1, 0.15) is 10.7 Å². The standard InChI is InChI=1S/C16H10ClN5S/c17-12-5-3-4-11(10-12)7-8-14-21-22-15(19-20-16(22)23-14)13-6-1-2-9-18-13/h1-10H. The van der Waals surface area contributed by atoms with Gasteiger partial charge >= 0.3 is 0 Å². The average Bonchev–Trinajstić information content (AvgIpc) is 3.14. The summed E-state index contributed by atoms with van der Waals surface area (Å²) in [6, 6.07) is 13.3. The number of rotatable bonds is 3. The average molecular weight is 340 g/mol. The normalized spacial score (nSPS) is 11.5. The first-order valence-electron chi connectivity index (χ1n) is 6.87. The predicted octanol–water partition coefficient (Wildman–Crippen LogP) is 4.07. The van der Waals surface area contributed by atoms with E-state index in [1.807, 2.05) is 54.6 Å². The van der Waals surface area contributed by atoms with Crippen LogP contribution in [0, 0.1) is 0 Å². The van der Waals surface area contributed by atoms with Crippen LogP contribution in [0.3, 0.4) is 0 Å². The summed E-state index contributed by atoms with van der Waals surface area (Å²) in [7, 11) is 0. The van der Waals surface area contributed by atoms with Crippen LogP contribution >= 0.6 is 22.9 Å². The minimum atomic E-state index is 0.638. The van der Waals surface area contributed by atoms with Crippen LogP contribution in [-0.2, 0) is 0 Å². The Bertz CT molecular complexity index is 990. The van der Waals surface area contributed by atoms with Gasteiger partial charge in [-0.25, -0.2) is 0 Å². The van der Waals surface area contributed by atoms with E-state index in [-0.39, 0.29) is 0 Å². The van der Waals surface area contributed by atoms with Crippen molar-refractivity contribution in [3.8, 4) is 11.5 Å². The molecular weight excluding hydrogens is 330 g/mol. The summed E-state index contributed by atoms with van der Waals surface area (Å²) in [4.78, 5) is 5.03. The summed E-state index contributed by atoms with van der Waals surface area (Å²) in [5, 5.41) is 14.4. The summed E-state index contributed by atoms with van der Waals surface area (Å²) in [6.45, 7) is 0. The van der Waals surface area contributed by atoms with Crippen molar-refractivity contribution in [2.24, 2.45) is 0 Å². The van der Waals surface area contributed by atoms with Crippen molar-refractivity contribution >= 4 is 40.1 Å². The smallest absolute Gasteiger partial charge is 0.235 e. The molecule has 7 heteroatoms. The van der Waals surface area contributed by atoms with E-state index in [0.29, 0.717) is 10.8 Å². The van der Waals surface area contributed by atoms with Gasteiger partial charge in [0.05, 0.1) is 0 Å². The van der Waals surface area contributed by atoms with Gasteiger partial charge in [-0.1, -0.05) is 47.2 Å². The van der Waals surface area contributed by atoms with Crippen molar-refractivity contribution in [2.75, 3.05) is 0 Å². The second-order valence-electron chi connectivity index (χ2n) is 4.76. The fourth-order valence-electron chi connectivity index (χ4n) is 2.13. The van der Waals surface area contributed by atoms with E-state index in [0.717, 1.165) is 21.2 Å². The number of hydrogen-bond acceptors (Lipinski definition) is 5. The third-order valence-electron chi connectivity index (χ3n) is 3.17. The number of nitrogens with zero attached hydrogens (tertiary/aromatic N) is 5. The lowest BCUT2D eigenvalue weighted by Gasteiger charge is -1.94. The van der Waals surface area contributed by atoms with E-state index in [4.69, 9.17) is 11.6 Å². The van der Waals surface area contributed by atoms with Crippen molar-refractivity contribution in [3.05, 3.63) is 64.3 Å². The first kappa shape index (κ1) is 14.0. The van der Waals surface area contributed by atoms with Crippen LogP contribution in [0.25, 0.3) is 28.6 Å². The predicted molar refractivity (Wildman–Crippen MR) is 92.3 cm³/mol. The monoisotopic (exact) mass is 339 g/mol. The Kier molecular flexibility index (Phi) is 3.61. The van der Waals surface area contributed by atoms with Crippen LogP contribution in [-0.4, -0.2) is 24.8 Å². The Hall–Kier alpha value is -2.57. The Balaban J connectivity index is 1.69. The second kappa shape index (κ2) is 5.91. The van der Waals surface area contributed by atoms with Crippen LogP contribution in [0.2, 0.25) is 5.02 Å². The number of aromatic nitrogens is 5. The largest absolute Gasteiger partial charge is 0.253 e. The van der Waals surface area contributed by atoms with Gasteiger partial charge in [-0.15, -0.1) is 10.2 Å². The van der Waals surface area contributed by atoms with E-state index in [1.165, 1.54) is 11.3 Å². The quantitative estimate of drug-likeness (QED) is 0.564. The lowest BCUT2D eigenvalue weighted by atomic mass is 10.2. The molecule has 5 nitrogen and oxygen atoms in total. The summed E-state index contributed by atoms with van der Waals surface area (Å²) in [6.07, 6.45) is 5.63. The molecule has 4 rings (SSSR count). The minimum absolute atomic E-state index is 0.638. The van der Waals surface area contributed by atoms with E-state index in [1.54, 1.807) is 10.7 Å². The fourth-order valence-corrected chi connectivity index (χ4v) is 3.07. The van der Waals surface area contributed by atoms with Crippen LogP contribution in [0.4, 0.5) is 0 Å². The molecule has 0 amide bonds. The molecule has 0 unspecified atom stereocenters. The molecule has 4 aromatic rings. The number of pyridine rings is 1. The molecule has 23 heavy (non-hydrogen) atoms. The molecule has 0 aliphatic rings. The van der Waals surface area contributed by atoms with E-state index >= 15 is 0 Å². The molecule has 0 radical (unpaired) electrons. The van der Waals surface area contributed by atoms with Crippen LogP contribution in [0.1, 0.15) is 10.6 Å². The highest BCUT2D eigenvalue weighted by molar-refractivity contribution is 7.17. The number of hydrogen-bond donors (Lipinski definition) is 0. The summed E-state index contributed by atoms with van der Waals surface area (Å²) >= 11 is 7.45. The van der Waals surface area contributed by atoms with Crippen molar-refractivity contribution in [2.45, 2.75) is 0 Å². The van der Waals surface area contributed by atoms with Gasteiger partial charge in [-0.05, 0) is 35.9 Å². The molecule has 0 N–H and O–H groups in total. The van der Waals surface area contributed by atoms with Crippen molar-refractivity contribution in [1.82, 2.24) is 24.8 Å². The Labute approximate surface area is 140 Å². The Morgan fingerprint density at radius 2 is 2.00 bits per heavy atom. The van der Waals surface area contributed by atoms with Crippen molar-refractivity contribution in [3.63, 3.8) is 0 Å². The lowest BCUT2D eigenvalue weighted by Crippen LogP contribution is -1.92. The molecule has 3 aromatic heterocycles. The first-order chi connectivity index (χ1) is 11.3. The highest BCUT2D eigenvalue weighted by atomic mass is 35.5. The third kappa shape index (κ3) is 2.86. The molecule has 0 aliphatic carbocycles. The maximum absolute atomic E-state index is 5.99. The zero-order valence-electron chi connectivity index (χ0n) is 11.8. The number of fused-ring (bicyclic) bond motifs is 1. The van der Waals surface area contributed by atoms with Crippen LogP contribution in [0.15, 0.2) is 48.7 Å². The summed E-state index contributed by atoms with van der Waals surface area (Å²) < 4.78 is 1.71. The first-order valence-corrected chi connectivity index (χ1v) is 8.06. The fraction of sp³-hybridized carbons (Fsp3) is 0. The SMILES string of the molecule is Clc1cccc(C=Cc2nn3c(-c4ccccn4)nnc3s2)c1. The van der Waals surface area contributed by atoms with Gasteiger partial charge in [0, 0.05) is 11.2 Å². The van der Waals surface area contributed by atoms with Gasteiger partial charge in [-0.3, -0.25) is 4.98 Å². The van der Waals surface area contributed by atoms with Gasteiger partial charge in [0.25, 0.3) is 0 Å². The maximum Gasteiger partial charge on any atom is 0.235 e.